The quantitative estimate of drug-likeness (QED) is 0.388. The van der Waals surface area contributed by atoms with Crippen LogP contribution in [-0.2, 0) is 0 Å². The SMILES string of the molecule is CCN(CC)C(=S)S.N.[NaH]. The van der Waals surface area contributed by atoms with E-state index in [1.807, 2.05) is 4.90 Å². The molecule has 0 rings (SSSR count). The van der Waals surface area contributed by atoms with Crippen LogP contribution < -0.4 is 6.15 Å². The summed E-state index contributed by atoms with van der Waals surface area (Å²) in [5, 5.41) is 0. The molecule has 2 nitrogen and oxygen atoms in total. The van der Waals surface area contributed by atoms with Crippen molar-refractivity contribution in [2.45, 2.75) is 13.8 Å². The predicted molar refractivity (Wildman–Crippen MR) is 56.7 cm³/mol. The maximum absolute atomic E-state index is 4.81. The van der Waals surface area contributed by atoms with Crippen LogP contribution in [0.5, 0.6) is 0 Å². The van der Waals surface area contributed by atoms with E-state index < -0.39 is 0 Å². The first kappa shape index (κ1) is 17.3. The molecule has 0 saturated carbocycles. The maximum atomic E-state index is 4.81. The van der Waals surface area contributed by atoms with Crippen molar-refractivity contribution in [3.63, 3.8) is 0 Å². The second-order valence-electron chi connectivity index (χ2n) is 1.45. The van der Waals surface area contributed by atoms with Crippen molar-refractivity contribution in [1.29, 1.82) is 0 Å². The molecule has 0 atom stereocenters. The van der Waals surface area contributed by atoms with Gasteiger partial charge in [0, 0.05) is 13.1 Å². The monoisotopic (exact) mass is 190 g/mol. The van der Waals surface area contributed by atoms with Crippen LogP contribution in [0.1, 0.15) is 13.8 Å². The van der Waals surface area contributed by atoms with Gasteiger partial charge in [-0.05, 0) is 13.8 Å². The summed E-state index contributed by atoms with van der Waals surface area (Å²) in [7, 11) is 0. The molecule has 0 saturated heterocycles. The Balaban J connectivity index is -0.000000245. The van der Waals surface area contributed by atoms with Gasteiger partial charge >= 0.3 is 29.6 Å². The normalized spacial score (nSPS) is 7.10. The minimum absolute atomic E-state index is 0. The minimum atomic E-state index is 0. The van der Waals surface area contributed by atoms with E-state index >= 15 is 0 Å². The number of thiocarbonyl (C=S) groups is 1. The van der Waals surface area contributed by atoms with E-state index in [1.54, 1.807) is 0 Å². The van der Waals surface area contributed by atoms with Crippen LogP contribution in [0.25, 0.3) is 0 Å². The summed E-state index contributed by atoms with van der Waals surface area (Å²) in [6, 6.07) is 0. The van der Waals surface area contributed by atoms with Crippen LogP contribution in [0, 0.1) is 0 Å². The second-order valence-corrected chi connectivity index (χ2v) is 2.57. The van der Waals surface area contributed by atoms with E-state index in [0.717, 1.165) is 13.1 Å². The summed E-state index contributed by atoms with van der Waals surface area (Å²) < 4.78 is 0.690. The number of nitrogens with zero attached hydrogens (tertiary/aromatic N) is 1. The Kier molecular flexibility index (Phi) is 17.7. The number of hydrogen-bond donors (Lipinski definition) is 2. The second kappa shape index (κ2) is 10.2. The molecular weight excluding hydrogens is 175 g/mol. The Hall–Kier alpha value is 1.20. The molecule has 0 bridgehead atoms. The van der Waals surface area contributed by atoms with Crippen LogP contribution >= 0.6 is 24.8 Å². The molecule has 0 aromatic heterocycles. The molecular formula is C5H15N2NaS2. The number of hydrogen-bond acceptors (Lipinski definition) is 2. The molecule has 0 aromatic carbocycles. The van der Waals surface area contributed by atoms with E-state index in [4.69, 9.17) is 12.2 Å². The third-order valence-corrected chi connectivity index (χ3v) is 1.58. The van der Waals surface area contributed by atoms with Crippen LogP contribution in [0.2, 0.25) is 0 Å². The third-order valence-electron chi connectivity index (χ3n) is 1.03. The fourth-order valence-corrected chi connectivity index (χ4v) is 1.04. The predicted octanol–water partition coefficient (Wildman–Crippen LogP) is 1.06. The molecule has 0 spiro atoms. The van der Waals surface area contributed by atoms with E-state index in [1.165, 1.54) is 0 Å². The zero-order valence-electron chi connectivity index (χ0n) is 5.92. The molecule has 0 aromatic rings. The average molecular weight is 190 g/mol. The fraction of sp³-hybridized carbons (Fsp3) is 0.800. The van der Waals surface area contributed by atoms with Crippen molar-refractivity contribution in [3.8, 4) is 0 Å². The van der Waals surface area contributed by atoms with Crippen LogP contribution in [-0.4, -0.2) is 51.9 Å². The van der Waals surface area contributed by atoms with Crippen LogP contribution in [0.3, 0.4) is 0 Å². The molecule has 0 aliphatic heterocycles. The zero-order valence-corrected chi connectivity index (χ0v) is 7.63. The van der Waals surface area contributed by atoms with Gasteiger partial charge in [0.1, 0.15) is 4.32 Å². The Morgan fingerprint density at radius 2 is 1.70 bits per heavy atom. The summed E-state index contributed by atoms with van der Waals surface area (Å²) in [6.45, 7) is 6.04. The average Bonchev–Trinajstić information content (AvgIpc) is 1.69. The molecule has 0 amide bonds. The van der Waals surface area contributed by atoms with E-state index in [-0.39, 0.29) is 35.7 Å². The molecule has 0 aliphatic carbocycles. The van der Waals surface area contributed by atoms with E-state index in [2.05, 4.69) is 26.5 Å². The van der Waals surface area contributed by atoms with E-state index in [9.17, 15) is 0 Å². The molecule has 0 radical (unpaired) electrons. The van der Waals surface area contributed by atoms with Gasteiger partial charge in [0.15, 0.2) is 0 Å². The standard InChI is InChI=1S/C5H11NS2.H3N.Na.H/c1-3-6(4-2)5(7)8;;;/h3-4H2,1-2H3,(H,7,8);1H3;;. The van der Waals surface area contributed by atoms with Crippen molar-refractivity contribution in [2.75, 3.05) is 13.1 Å². The van der Waals surface area contributed by atoms with Gasteiger partial charge in [-0.3, -0.25) is 0 Å². The summed E-state index contributed by atoms with van der Waals surface area (Å²) in [5.74, 6) is 0. The van der Waals surface area contributed by atoms with Crippen LogP contribution in [0.4, 0.5) is 0 Å². The Bertz CT molecular complexity index is 85.7. The molecule has 10 heavy (non-hydrogen) atoms. The molecule has 5 heteroatoms. The summed E-state index contributed by atoms with van der Waals surface area (Å²) in [6.07, 6.45) is 0. The number of rotatable bonds is 2. The van der Waals surface area contributed by atoms with Crippen LogP contribution in [0.15, 0.2) is 0 Å². The zero-order chi connectivity index (χ0) is 6.57. The van der Waals surface area contributed by atoms with Gasteiger partial charge in [0.2, 0.25) is 0 Å². The fourth-order valence-electron chi connectivity index (χ4n) is 0.494. The molecule has 0 fully saturated rings. The molecule has 0 aliphatic rings. The van der Waals surface area contributed by atoms with Gasteiger partial charge in [-0.2, -0.15) is 0 Å². The molecule has 0 unspecified atom stereocenters. The Morgan fingerprint density at radius 3 is 1.70 bits per heavy atom. The van der Waals surface area contributed by atoms with Crippen molar-refractivity contribution in [1.82, 2.24) is 11.1 Å². The molecule has 58 valence electrons. The number of thiol groups is 1. The molecule has 3 N–H and O–H groups in total. The first-order chi connectivity index (χ1) is 3.72. The summed E-state index contributed by atoms with van der Waals surface area (Å²) in [4.78, 5) is 2.01. The van der Waals surface area contributed by atoms with Gasteiger partial charge in [0.05, 0.1) is 0 Å². The molecule has 0 heterocycles. The van der Waals surface area contributed by atoms with Gasteiger partial charge < -0.3 is 11.1 Å². The summed E-state index contributed by atoms with van der Waals surface area (Å²) in [5.41, 5.74) is 0. The van der Waals surface area contributed by atoms with Crippen molar-refractivity contribution in [2.24, 2.45) is 0 Å². The first-order valence-electron chi connectivity index (χ1n) is 2.70. The Labute approximate surface area is 96.0 Å². The van der Waals surface area contributed by atoms with Gasteiger partial charge in [0.25, 0.3) is 0 Å². The van der Waals surface area contributed by atoms with Crippen molar-refractivity contribution >= 4 is 58.7 Å². The van der Waals surface area contributed by atoms with Gasteiger partial charge in [-0.1, -0.05) is 12.2 Å². The van der Waals surface area contributed by atoms with Crippen molar-refractivity contribution in [3.05, 3.63) is 0 Å². The first-order valence-corrected chi connectivity index (χ1v) is 3.55. The summed E-state index contributed by atoms with van der Waals surface area (Å²) >= 11 is 8.82. The Morgan fingerprint density at radius 1 is 1.40 bits per heavy atom. The van der Waals surface area contributed by atoms with Crippen molar-refractivity contribution < 1.29 is 0 Å². The third kappa shape index (κ3) is 7.31. The van der Waals surface area contributed by atoms with Gasteiger partial charge in [-0.15, -0.1) is 12.6 Å². The van der Waals surface area contributed by atoms with Gasteiger partial charge in [-0.25, -0.2) is 0 Å². The topological polar surface area (TPSA) is 38.2 Å². The van der Waals surface area contributed by atoms with E-state index in [0.29, 0.717) is 4.32 Å².